The second-order valence-corrected chi connectivity index (χ2v) is 7.54. The van der Waals surface area contributed by atoms with Crippen molar-refractivity contribution in [1.82, 2.24) is 14.7 Å². The molecule has 0 saturated heterocycles. The zero-order valence-electron chi connectivity index (χ0n) is 15.5. The predicted octanol–water partition coefficient (Wildman–Crippen LogP) is 3.54. The molecule has 0 spiro atoms. The minimum atomic E-state index is -0.434. The van der Waals surface area contributed by atoms with Crippen molar-refractivity contribution in [2.24, 2.45) is 5.92 Å². The lowest BCUT2D eigenvalue weighted by Crippen LogP contribution is -2.38. The molecular formula is C20H31N3O2. The first-order valence-electron chi connectivity index (χ1n) is 9.54. The van der Waals surface area contributed by atoms with Gasteiger partial charge < -0.3 is 9.52 Å². The summed E-state index contributed by atoms with van der Waals surface area (Å²) in [7, 11) is 0. The van der Waals surface area contributed by atoms with Gasteiger partial charge in [0.1, 0.15) is 5.76 Å². The Balaban J connectivity index is 1.60. The normalized spacial score (nSPS) is 17.3. The highest BCUT2D eigenvalue weighted by Gasteiger charge is 2.21. The van der Waals surface area contributed by atoms with Gasteiger partial charge in [0, 0.05) is 18.8 Å². The van der Waals surface area contributed by atoms with E-state index >= 15 is 0 Å². The molecule has 0 aliphatic heterocycles. The summed E-state index contributed by atoms with van der Waals surface area (Å²) in [5, 5.41) is 15.1. The van der Waals surface area contributed by atoms with Gasteiger partial charge in [0.05, 0.1) is 31.2 Å². The zero-order valence-corrected chi connectivity index (χ0v) is 15.5. The summed E-state index contributed by atoms with van der Waals surface area (Å²) in [6, 6.07) is 6.00. The summed E-state index contributed by atoms with van der Waals surface area (Å²) in [4.78, 5) is 2.35. The van der Waals surface area contributed by atoms with Crippen LogP contribution in [0, 0.1) is 19.8 Å². The Morgan fingerprint density at radius 1 is 1.32 bits per heavy atom. The molecule has 1 aliphatic carbocycles. The molecule has 0 amide bonds. The van der Waals surface area contributed by atoms with Crippen LogP contribution in [0.15, 0.2) is 28.9 Å². The van der Waals surface area contributed by atoms with Crippen LogP contribution in [0.3, 0.4) is 0 Å². The summed E-state index contributed by atoms with van der Waals surface area (Å²) < 4.78 is 7.44. The average Bonchev–Trinajstić information content (AvgIpc) is 3.18. The van der Waals surface area contributed by atoms with Crippen LogP contribution in [0.25, 0.3) is 0 Å². The van der Waals surface area contributed by atoms with Crippen molar-refractivity contribution in [2.45, 2.75) is 65.1 Å². The van der Waals surface area contributed by atoms with Gasteiger partial charge in [-0.3, -0.25) is 9.58 Å². The molecule has 5 heteroatoms. The van der Waals surface area contributed by atoms with E-state index in [1.165, 1.54) is 32.1 Å². The summed E-state index contributed by atoms with van der Waals surface area (Å²) in [6.45, 7) is 7.01. The largest absolute Gasteiger partial charge is 0.468 e. The lowest BCUT2D eigenvalue weighted by atomic mass is 9.89. The quantitative estimate of drug-likeness (QED) is 0.795. The third kappa shape index (κ3) is 5.44. The molecule has 5 nitrogen and oxygen atoms in total. The van der Waals surface area contributed by atoms with Crippen LogP contribution in [0.4, 0.5) is 0 Å². The van der Waals surface area contributed by atoms with E-state index in [2.05, 4.69) is 16.1 Å². The van der Waals surface area contributed by atoms with Crippen molar-refractivity contribution in [1.29, 1.82) is 0 Å². The van der Waals surface area contributed by atoms with E-state index in [1.807, 2.05) is 30.7 Å². The third-order valence-corrected chi connectivity index (χ3v) is 5.16. The molecule has 3 rings (SSSR count). The standard InChI is InChI=1S/C20H31N3O2/c1-16-11-17(2)23(21-16)14-19(24)13-22(15-20-9-6-10-25-20)12-18-7-4-3-5-8-18/h6,9-11,18-19,24H,3-5,7-8,12-15H2,1-2H3/t19-/m1/s1. The van der Waals surface area contributed by atoms with Crippen LogP contribution >= 0.6 is 0 Å². The van der Waals surface area contributed by atoms with Crippen LogP contribution in [-0.2, 0) is 13.1 Å². The fraction of sp³-hybridized carbons (Fsp3) is 0.650. The highest BCUT2D eigenvalue weighted by molar-refractivity contribution is 5.06. The maximum absolute atomic E-state index is 10.6. The van der Waals surface area contributed by atoms with Gasteiger partial charge in [0.2, 0.25) is 0 Å². The summed E-state index contributed by atoms with van der Waals surface area (Å²) in [5.74, 6) is 1.71. The van der Waals surface area contributed by atoms with Gasteiger partial charge in [0.15, 0.2) is 0 Å². The van der Waals surface area contributed by atoms with E-state index < -0.39 is 6.10 Å². The molecular weight excluding hydrogens is 314 g/mol. The van der Waals surface area contributed by atoms with Crippen LogP contribution in [0.5, 0.6) is 0 Å². The smallest absolute Gasteiger partial charge is 0.117 e. The molecule has 1 atom stereocenters. The minimum Gasteiger partial charge on any atom is -0.468 e. The highest BCUT2D eigenvalue weighted by Crippen LogP contribution is 2.25. The SMILES string of the molecule is Cc1cc(C)n(C[C@H](O)CN(Cc2ccco2)CC2CCCCC2)n1. The number of nitrogens with zero attached hydrogens (tertiary/aromatic N) is 3. The number of hydrogen-bond donors (Lipinski definition) is 1. The molecule has 2 aromatic heterocycles. The van der Waals surface area contributed by atoms with E-state index in [9.17, 15) is 5.11 Å². The number of aromatic nitrogens is 2. The Hall–Kier alpha value is -1.59. The average molecular weight is 345 g/mol. The van der Waals surface area contributed by atoms with Crippen molar-refractivity contribution in [2.75, 3.05) is 13.1 Å². The maximum Gasteiger partial charge on any atom is 0.117 e. The number of hydrogen-bond acceptors (Lipinski definition) is 4. The lowest BCUT2D eigenvalue weighted by molar-refractivity contribution is 0.0747. The Kier molecular flexibility index (Phi) is 6.32. The van der Waals surface area contributed by atoms with Crippen molar-refractivity contribution >= 4 is 0 Å². The second-order valence-electron chi connectivity index (χ2n) is 7.54. The molecule has 1 N–H and O–H groups in total. The lowest BCUT2D eigenvalue weighted by Gasteiger charge is -2.30. The monoisotopic (exact) mass is 345 g/mol. The van der Waals surface area contributed by atoms with E-state index in [0.29, 0.717) is 13.1 Å². The van der Waals surface area contributed by atoms with E-state index in [4.69, 9.17) is 4.42 Å². The molecule has 25 heavy (non-hydrogen) atoms. The first-order chi connectivity index (χ1) is 12.1. The van der Waals surface area contributed by atoms with E-state index in [-0.39, 0.29) is 0 Å². The number of aliphatic hydroxyl groups is 1. The zero-order chi connectivity index (χ0) is 17.6. The van der Waals surface area contributed by atoms with Gasteiger partial charge in [-0.25, -0.2) is 0 Å². The molecule has 138 valence electrons. The van der Waals surface area contributed by atoms with Crippen molar-refractivity contribution in [3.8, 4) is 0 Å². The second kappa shape index (κ2) is 8.68. The van der Waals surface area contributed by atoms with Crippen LogP contribution in [0.1, 0.15) is 49.3 Å². The number of aryl methyl sites for hydroxylation is 2. The van der Waals surface area contributed by atoms with Crippen LogP contribution < -0.4 is 0 Å². The van der Waals surface area contributed by atoms with Crippen molar-refractivity contribution in [3.63, 3.8) is 0 Å². The van der Waals surface area contributed by atoms with Gasteiger partial charge in [0.25, 0.3) is 0 Å². The Morgan fingerprint density at radius 3 is 2.76 bits per heavy atom. The molecule has 0 aromatic carbocycles. The predicted molar refractivity (Wildman–Crippen MR) is 98.3 cm³/mol. The Bertz CT molecular complexity index is 629. The van der Waals surface area contributed by atoms with Crippen molar-refractivity contribution < 1.29 is 9.52 Å². The van der Waals surface area contributed by atoms with Gasteiger partial charge in [-0.05, 0) is 50.8 Å². The Morgan fingerprint density at radius 2 is 2.12 bits per heavy atom. The molecule has 1 saturated carbocycles. The summed E-state index contributed by atoms with van der Waals surface area (Å²) >= 11 is 0. The molecule has 1 fully saturated rings. The summed E-state index contributed by atoms with van der Waals surface area (Å²) in [5.41, 5.74) is 2.10. The van der Waals surface area contributed by atoms with Crippen LogP contribution in [-0.4, -0.2) is 39.0 Å². The van der Waals surface area contributed by atoms with Gasteiger partial charge in [-0.15, -0.1) is 0 Å². The highest BCUT2D eigenvalue weighted by atomic mass is 16.3. The minimum absolute atomic E-state index is 0.434. The Labute approximate surface area is 150 Å². The number of furan rings is 1. The fourth-order valence-electron chi connectivity index (χ4n) is 3.98. The van der Waals surface area contributed by atoms with E-state index in [1.54, 1.807) is 6.26 Å². The van der Waals surface area contributed by atoms with Gasteiger partial charge in [-0.2, -0.15) is 5.10 Å². The van der Waals surface area contributed by atoms with Crippen LogP contribution in [0.2, 0.25) is 0 Å². The maximum atomic E-state index is 10.6. The molecule has 2 heterocycles. The topological polar surface area (TPSA) is 54.4 Å². The molecule has 0 bridgehead atoms. The third-order valence-electron chi connectivity index (χ3n) is 5.16. The number of aliphatic hydroxyl groups excluding tert-OH is 1. The van der Waals surface area contributed by atoms with Gasteiger partial charge >= 0.3 is 0 Å². The molecule has 2 aromatic rings. The summed E-state index contributed by atoms with van der Waals surface area (Å²) in [6.07, 6.45) is 7.96. The molecule has 0 unspecified atom stereocenters. The molecule has 0 radical (unpaired) electrons. The fourth-order valence-corrected chi connectivity index (χ4v) is 3.98. The first kappa shape index (κ1) is 18.2. The number of rotatable bonds is 8. The molecule has 1 aliphatic rings. The first-order valence-corrected chi connectivity index (χ1v) is 9.54. The van der Waals surface area contributed by atoms with Crippen molar-refractivity contribution in [3.05, 3.63) is 41.6 Å². The van der Waals surface area contributed by atoms with E-state index in [0.717, 1.165) is 36.2 Å². The van der Waals surface area contributed by atoms with Gasteiger partial charge in [-0.1, -0.05) is 19.3 Å².